The predicted octanol–water partition coefficient (Wildman–Crippen LogP) is 1.04. The van der Waals surface area contributed by atoms with Crippen molar-refractivity contribution in [1.29, 1.82) is 0 Å². The number of piperazine rings is 1. The maximum absolute atomic E-state index is 5.88. The van der Waals surface area contributed by atoms with Gasteiger partial charge in [0, 0.05) is 38.3 Å². The van der Waals surface area contributed by atoms with Crippen LogP contribution in [0, 0.1) is 11.8 Å². The molecule has 2 aliphatic rings. The first-order valence-electron chi connectivity index (χ1n) is 6.89. The SMILES string of the molecule is CC1CCC(N2CCNCC2CN)CC1C. The van der Waals surface area contributed by atoms with Crippen LogP contribution in [-0.2, 0) is 0 Å². The minimum atomic E-state index is 0.569. The van der Waals surface area contributed by atoms with Crippen LogP contribution in [0.2, 0.25) is 0 Å². The van der Waals surface area contributed by atoms with Crippen LogP contribution < -0.4 is 11.1 Å². The monoisotopic (exact) mass is 225 g/mol. The highest BCUT2D eigenvalue weighted by atomic mass is 15.2. The summed E-state index contributed by atoms with van der Waals surface area (Å²) in [5.74, 6) is 1.79. The van der Waals surface area contributed by atoms with Gasteiger partial charge in [-0.05, 0) is 31.1 Å². The summed E-state index contributed by atoms with van der Waals surface area (Å²) >= 11 is 0. The molecule has 0 aromatic rings. The average molecular weight is 225 g/mol. The van der Waals surface area contributed by atoms with Crippen molar-refractivity contribution in [2.45, 2.75) is 45.2 Å². The van der Waals surface area contributed by atoms with E-state index in [1.165, 1.54) is 25.8 Å². The van der Waals surface area contributed by atoms with Gasteiger partial charge < -0.3 is 11.1 Å². The van der Waals surface area contributed by atoms with E-state index >= 15 is 0 Å². The number of hydrogen-bond acceptors (Lipinski definition) is 3. The Balaban J connectivity index is 1.95. The Hall–Kier alpha value is -0.120. The van der Waals surface area contributed by atoms with Crippen molar-refractivity contribution in [3.8, 4) is 0 Å². The summed E-state index contributed by atoms with van der Waals surface area (Å²) in [6.07, 6.45) is 4.15. The van der Waals surface area contributed by atoms with Gasteiger partial charge in [-0.25, -0.2) is 0 Å². The van der Waals surface area contributed by atoms with Gasteiger partial charge in [0.25, 0.3) is 0 Å². The summed E-state index contributed by atoms with van der Waals surface area (Å²) < 4.78 is 0. The van der Waals surface area contributed by atoms with E-state index in [0.717, 1.165) is 37.5 Å². The molecule has 4 atom stereocenters. The summed E-state index contributed by atoms with van der Waals surface area (Å²) in [5.41, 5.74) is 5.88. The molecule has 1 saturated carbocycles. The van der Waals surface area contributed by atoms with E-state index in [4.69, 9.17) is 5.73 Å². The van der Waals surface area contributed by atoms with Crippen LogP contribution in [0.25, 0.3) is 0 Å². The first kappa shape index (κ1) is 12.3. The Morgan fingerprint density at radius 3 is 2.75 bits per heavy atom. The van der Waals surface area contributed by atoms with Gasteiger partial charge >= 0.3 is 0 Å². The fraction of sp³-hybridized carbons (Fsp3) is 1.00. The topological polar surface area (TPSA) is 41.3 Å². The van der Waals surface area contributed by atoms with Crippen LogP contribution in [0.1, 0.15) is 33.1 Å². The van der Waals surface area contributed by atoms with E-state index in [1.807, 2.05) is 0 Å². The molecule has 16 heavy (non-hydrogen) atoms. The van der Waals surface area contributed by atoms with Gasteiger partial charge in [0.1, 0.15) is 0 Å². The molecule has 3 nitrogen and oxygen atoms in total. The van der Waals surface area contributed by atoms with Gasteiger partial charge in [-0.3, -0.25) is 4.90 Å². The lowest BCUT2D eigenvalue weighted by molar-refractivity contribution is 0.0584. The summed E-state index contributed by atoms with van der Waals surface area (Å²) in [5, 5.41) is 3.45. The molecule has 3 heteroatoms. The normalized spacial score (nSPS) is 42.2. The Kier molecular flexibility index (Phi) is 4.22. The van der Waals surface area contributed by atoms with Crippen molar-refractivity contribution in [2.75, 3.05) is 26.2 Å². The van der Waals surface area contributed by atoms with Gasteiger partial charge in [-0.2, -0.15) is 0 Å². The van der Waals surface area contributed by atoms with Crippen molar-refractivity contribution in [3.05, 3.63) is 0 Å². The quantitative estimate of drug-likeness (QED) is 0.738. The molecule has 1 aliphatic heterocycles. The molecule has 0 radical (unpaired) electrons. The van der Waals surface area contributed by atoms with Gasteiger partial charge in [0.2, 0.25) is 0 Å². The van der Waals surface area contributed by atoms with E-state index in [1.54, 1.807) is 0 Å². The molecule has 1 aliphatic carbocycles. The molecule has 1 heterocycles. The minimum absolute atomic E-state index is 0.569. The van der Waals surface area contributed by atoms with Crippen molar-refractivity contribution >= 4 is 0 Å². The third kappa shape index (κ3) is 2.58. The number of nitrogens with one attached hydrogen (secondary N) is 1. The van der Waals surface area contributed by atoms with E-state index < -0.39 is 0 Å². The van der Waals surface area contributed by atoms with Crippen LogP contribution in [0.15, 0.2) is 0 Å². The van der Waals surface area contributed by atoms with E-state index in [2.05, 4.69) is 24.1 Å². The maximum atomic E-state index is 5.88. The molecule has 94 valence electrons. The zero-order valence-corrected chi connectivity index (χ0v) is 10.8. The standard InChI is InChI=1S/C13H27N3/c1-10-3-4-12(7-11(10)2)16-6-5-15-9-13(16)8-14/h10-13,15H,3-9,14H2,1-2H3. The average Bonchev–Trinajstić information content (AvgIpc) is 2.32. The van der Waals surface area contributed by atoms with Crippen LogP contribution >= 0.6 is 0 Å². The summed E-state index contributed by atoms with van der Waals surface area (Å²) in [4.78, 5) is 2.68. The van der Waals surface area contributed by atoms with Gasteiger partial charge in [0.05, 0.1) is 0 Å². The fourth-order valence-corrected chi connectivity index (χ4v) is 3.30. The molecule has 0 aromatic carbocycles. The second-order valence-electron chi connectivity index (χ2n) is 5.75. The fourth-order valence-electron chi connectivity index (χ4n) is 3.30. The first-order chi connectivity index (χ1) is 7.72. The summed E-state index contributed by atoms with van der Waals surface area (Å²) in [6, 6.07) is 1.36. The van der Waals surface area contributed by atoms with E-state index in [-0.39, 0.29) is 0 Å². The van der Waals surface area contributed by atoms with Crippen LogP contribution in [-0.4, -0.2) is 43.2 Å². The molecule has 0 bridgehead atoms. The smallest absolute Gasteiger partial charge is 0.0346 e. The van der Waals surface area contributed by atoms with E-state index in [0.29, 0.717) is 6.04 Å². The summed E-state index contributed by atoms with van der Waals surface area (Å²) in [7, 11) is 0. The highest BCUT2D eigenvalue weighted by Gasteiger charge is 2.32. The maximum Gasteiger partial charge on any atom is 0.0346 e. The number of rotatable bonds is 2. The molecular weight excluding hydrogens is 198 g/mol. The van der Waals surface area contributed by atoms with E-state index in [9.17, 15) is 0 Å². The Morgan fingerprint density at radius 1 is 1.25 bits per heavy atom. The second kappa shape index (κ2) is 5.48. The number of nitrogens with two attached hydrogens (primary N) is 1. The highest BCUT2D eigenvalue weighted by Crippen LogP contribution is 2.32. The molecule has 0 aromatic heterocycles. The zero-order valence-electron chi connectivity index (χ0n) is 10.8. The second-order valence-corrected chi connectivity index (χ2v) is 5.75. The molecule has 0 spiro atoms. The molecule has 4 unspecified atom stereocenters. The van der Waals surface area contributed by atoms with Crippen molar-refractivity contribution in [1.82, 2.24) is 10.2 Å². The van der Waals surface area contributed by atoms with Crippen molar-refractivity contribution < 1.29 is 0 Å². The Labute approximate surface area is 99.8 Å². The molecule has 1 saturated heterocycles. The molecule has 0 amide bonds. The summed E-state index contributed by atoms with van der Waals surface area (Å²) in [6.45, 7) is 9.02. The molecule has 2 fully saturated rings. The Bertz CT molecular complexity index is 219. The largest absolute Gasteiger partial charge is 0.329 e. The predicted molar refractivity (Wildman–Crippen MR) is 68.4 cm³/mol. The highest BCUT2D eigenvalue weighted by molar-refractivity contribution is 4.89. The van der Waals surface area contributed by atoms with Crippen molar-refractivity contribution in [2.24, 2.45) is 17.6 Å². The molecular formula is C13H27N3. The van der Waals surface area contributed by atoms with Crippen LogP contribution in [0.4, 0.5) is 0 Å². The number of nitrogens with zero attached hydrogens (tertiary/aromatic N) is 1. The van der Waals surface area contributed by atoms with Gasteiger partial charge in [-0.15, -0.1) is 0 Å². The lowest BCUT2D eigenvalue weighted by Crippen LogP contribution is -2.58. The zero-order chi connectivity index (χ0) is 11.5. The first-order valence-corrected chi connectivity index (χ1v) is 6.89. The van der Waals surface area contributed by atoms with Crippen molar-refractivity contribution in [3.63, 3.8) is 0 Å². The lowest BCUT2D eigenvalue weighted by Gasteiger charge is -2.45. The van der Waals surface area contributed by atoms with Crippen LogP contribution in [0.5, 0.6) is 0 Å². The third-order valence-corrected chi connectivity index (χ3v) is 4.71. The van der Waals surface area contributed by atoms with Gasteiger partial charge in [-0.1, -0.05) is 13.8 Å². The third-order valence-electron chi connectivity index (χ3n) is 4.71. The lowest BCUT2D eigenvalue weighted by atomic mass is 9.78. The number of hydrogen-bond donors (Lipinski definition) is 2. The Morgan fingerprint density at radius 2 is 2.06 bits per heavy atom. The molecule has 2 rings (SSSR count). The van der Waals surface area contributed by atoms with Crippen LogP contribution in [0.3, 0.4) is 0 Å². The minimum Gasteiger partial charge on any atom is -0.329 e. The molecule has 3 N–H and O–H groups in total. The van der Waals surface area contributed by atoms with Gasteiger partial charge in [0.15, 0.2) is 0 Å².